The first kappa shape index (κ1) is 13.4. The Balaban J connectivity index is 1.89. The molecular formula is C16H19FN2. The molecule has 100 valence electrons. The van der Waals surface area contributed by atoms with Crippen LogP contribution in [0.5, 0.6) is 0 Å². The number of hydrogen-bond donors (Lipinski definition) is 1. The van der Waals surface area contributed by atoms with Crippen LogP contribution >= 0.6 is 0 Å². The van der Waals surface area contributed by atoms with Crippen LogP contribution in [0.4, 0.5) is 15.8 Å². The van der Waals surface area contributed by atoms with E-state index in [1.807, 2.05) is 30.1 Å². The molecule has 0 heterocycles. The Morgan fingerprint density at radius 1 is 1.11 bits per heavy atom. The highest BCUT2D eigenvalue weighted by Crippen LogP contribution is 2.20. The summed E-state index contributed by atoms with van der Waals surface area (Å²) in [6.07, 6.45) is 1.99. The van der Waals surface area contributed by atoms with Crippen LogP contribution in [0.15, 0.2) is 48.5 Å². The average Bonchev–Trinajstić information content (AvgIpc) is 2.39. The first-order chi connectivity index (χ1) is 9.16. The molecule has 0 unspecified atom stereocenters. The van der Waals surface area contributed by atoms with Gasteiger partial charge in [0.15, 0.2) is 0 Å². The van der Waals surface area contributed by atoms with Crippen molar-refractivity contribution in [3.05, 3.63) is 59.9 Å². The van der Waals surface area contributed by atoms with Crippen LogP contribution in [0, 0.1) is 5.82 Å². The van der Waals surface area contributed by atoms with Crippen molar-refractivity contribution in [2.45, 2.75) is 12.8 Å². The molecular weight excluding hydrogens is 239 g/mol. The minimum Gasteiger partial charge on any atom is -0.399 e. The molecule has 0 aliphatic rings. The average molecular weight is 258 g/mol. The van der Waals surface area contributed by atoms with Gasteiger partial charge < -0.3 is 10.6 Å². The maximum Gasteiger partial charge on any atom is 0.148 e. The highest BCUT2D eigenvalue weighted by Gasteiger charge is 2.07. The van der Waals surface area contributed by atoms with E-state index in [4.69, 9.17) is 5.73 Å². The van der Waals surface area contributed by atoms with E-state index in [2.05, 4.69) is 12.1 Å². The molecule has 0 saturated carbocycles. The summed E-state index contributed by atoms with van der Waals surface area (Å²) in [7, 11) is 1.90. The molecule has 0 aliphatic carbocycles. The minimum atomic E-state index is -0.262. The van der Waals surface area contributed by atoms with E-state index in [-0.39, 0.29) is 5.82 Å². The predicted molar refractivity (Wildman–Crippen MR) is 78.8 cm³/mol. The second-order valence-corrected chi connectivity index (χ2v) is 4.72. The number of halogens is 1. The predicted octanol–water partition coefficient (Wildman–Crippen LogP) is 3.48. The Hall–Kier alpha value is -2.03. The number of benzene rings is 2. The molecule has 0 bridgehead atoms. The lowest BCUT2D eigenvalue weighted by molar-refractivity contribution is 0.621. The topological polar surface area (TPSA) is 29.3 Å². The van der Waals surface area contributed by atoms with Crippen LogP contribution in [-0.2, 0) is 6.42 Å². The molecule has 2 rings (SSSR count). The standard InChI is InChI=1S/C16H19FN2/c1-19(16-10-9-14(18)12-15(16)17)11-5-8-13-6-3-2-4-7-13/h2-4,6-7,9-10,12H,5,8,11,18H2,1H3. The Morgan fingerprint density at radius 2 is 1.84 bits per heavy atom. The first-order valence-corrected chi connectivity index (χ1v) is 6.47. The first-order valence-electron chi connectivity index (χ1n) is 6.47. The van der Waals surface area contributed by atoms with Crippen LogP contribution in [0.3, 0.4) is 0 Å². The van der Waals surface area contributed by atoms with E-state index < -0.39 is 0 Å². The van der Waals surface area contributed by atoms with Crippen LogP contribution in [0.2, 0.25) is 0 Å². The molecule has 2 nitrogen and oxygen atoms in total. The van der Waals surface area contributed by atoms with Gasteiger partial charge >= 0.3 is 0 Å². The van der Waals surface area contributed by atoms with Gasteiger partial charge in [-0.3, -0.25) is 0 Å². The van der Waals surface area contributed by atoms with E-state index in [0.717, 1.165) is 19.4 Å². The Bertz CT molecular complexity index is 526. The fraction of sp³-hybridized carbons (Fsp3) is 0.250. The van der Waals surface area contributed by atoms with E-state index in [0.29, 0.717) is 11.4 Å². The zero-order valence-electron chi connectivity index (χ0n) is 11.1. The number of aryl methyl sites for hydroxylation is 1. The van der Waals surface area contributed by atoms with Crippen molar-refractivity contribution in [2.24, 2.45) is 0 Å². The number of nitrogens with zero attached hydrogens (tertiary/aromatic N) is 1. The van der Waals surface area contributed by atoms with Gasteiger partial charge in [-0.1, -0.05) is 30.3 Å². The fourth-order valence-corrected chi connectivity index (χ4v) is 2.12. The van der Waals surface area contributed by atoms with Gasteiger partial charge in [0, 0.05) is 19.3 Å². The Kier molecular flexibility index (Phi) is 4.39. The van der Waals surface area contributed by atoms with Gasteiger partial charge in [-0.05, 0) is 36.6 Å². The van der Waals surface area contributed by atoms with Crippen LogP contribution in [0.25, 0.3) is 0 Å². The lowest BCUT2D eigenvalue weighted by Gasteiger charge is -2.20. The van der Waals surface area contributed by atoms with Gasteiger partial charge in [0.05, 0.1) is 5.69 Å². The molecule has 0 aliphatic heterocycles. The summed E-state index contributed by atoms with van der Waals surface area (Å²) in [6, 6.07) is 15.1. The molecule has 0 atom stereocenters. The van der Waals surface area contributed by atoms with Gasteiger partial charge in [-0.25, -0.2) is 4.39 Å². The summed E-state index contributed by atoms with van der Waals surface area (Å²) in [6.45, 7) is 0.815. The Labute approximate surface area is 113 Å². The molecule has 0 radical (unpaired) electrons. The molecule has 2 aromatic carbocycles. The second kappa shape index (κ2) is 6.23. The highest BCUT2D eigenvalue weighted by molar-refractivity contribution is 5.53. The molecule has 0 fully saturated rings. The number of hydrogen-bond acceptors (Lipinski definition) is 2. The summed E-state index contributed by atoms with van der Waals surface area (Å²) in [4.78, 5) is 1.93. The molecule has 0 aromatic heterocycles. The molecule has 3 heteroatoms. The van der Waals surface area contributed by atoms with Crippen molar-refractivity contribution in [2.75, 3.05) is 24.2 Å². The van der Waals surface area contributed by atoms with Crippen molar-refractivity contribution >= 4 is 11.4 Å². The zero-order valence-corrected chi connectivity index (χ0v) is 11.1. The summed E-state index contributed by atoms with van der Waals surface area (Å²) < 4.78 is 13.7. The van der Waals surface area contributed by atoms with Crippen LogP contribution < -0.4 is 10.6 Å². The lowest BCUT2D eigenvalue weighted by Crippen LogP contribution is -2.20. The van der Waals surface area contributed by atoms with Crippen molar-refractivity contribution < 1.29 is 4.39 Å². The molecule has 2 aromatic rings. The largest absolute Gasteiger partial charge is 0.399 e. The van der Waals surface area contributed by atoms with Gasteiger partial charge in [0.1, 0.15) is 5.82 Å². The van der Waals surface area contributed by atoms with Gasteiger partial charge in [0.25, 0.3) is 0 Å². The number of nitrogen functional groups attached to an aromatic ring is 1. The van der Waals surface area contributed by atoms with Crippen LogP contribution in [0.1, 0.15) is 12.0 Å². The summed E-state index contributed by atoms with van der Waals surface area (Å²) in [5, 5.41) is 0. The summed E-state index contributed by atoms with van der Waals surface area (Å²) in [5.74, 6) is -0.262. The van der Waals surface area contributed by atoms with E-state index in [1.54, 1.807) is 12.1 Å². The SMILES string of the molecule is CN(CCCc1ccccc1)c1ccc(N)cc1F. The maximum atomic E-state index is 13.7. The fourth-order valence-electron chi connectivity index (χ4n) is 2.12. The molecule has 19 heavy (non-hydrogen) atoms. The van der Waals surface area contributed by atoms with Crippen molar-refractivity contribution in [1.82, 2.24) is 0 Å². The van der Waals surface area contributed by atoms with Crippen molar-refractivity contribution in [1.29, 1.82) is 0 Å². The molecule has 0 amide bonds. The summed E-state index contributed by atoms with van der Waals surface area (Å²) >= 11 is 0. The summed E-state index contributed by atoms with van der Waals surface area (Å²) in [5.41, 5.74) is 7.92. The van der Waals surface area contributed by atoms with Crippen molar-refractivity contribution in [3.8, 4) is 0 Å². The minimum absolute atomic E-state index is 0.262. The van der Waals surface area contributed by atoms with E-state index in [9.17, 15) is 4.39 Å². The van der Waals surface area contributed by atoms with Gasteiger partial charge in [-0.15, -0.1) is 0 Å². The smallest absolute Gasteiger partial charge is 0.148 e. The number of rotatable bonds is 5. The third-order valence-corrected chi connectivity index (χ3v) is 3.18. The van der Waals surface area contributed by atoms with Gasteiger partial charge in [-0.2, -0.15) is 0 Å². The molecule has 0 saturated heterocycles. The van der Waals surface area contributed by atoms with E-state index >= 15 is 0 Å². The lowest BCUT2D eigenvalue weighted by atomic mass is 10.1. The van der Waals surface area contributed by atoms with Gasteiger partial charge in [0.2, 0.25) is 0 Å². The Morgan fingerprint density at radius 3 is 2.53 bits per heavy atom. The third-order valence-electron chi connectivity index (χ3n) is 3.18. The monoisotopic (exact) mass is 258 g/mol. The zero-order chi connectivity index (χ0) is 13.7. The van der Waals surface area contributed by atoms with Crippen molar-refractivity contribution in [3.63, 3.8) is 0 Å². The molecule has 0 spiro atoms. The number of anilines is 2. The highest BCUT2D eigenvalue weighted by atomic mass is 19.1. The normalized spacial score (nSPS) is 10.4. The second-order valence-electron chi connectivity index (χ2n) is 4.72. The molecule has 2 N–H and O–H groups in total. The maximum absolute atomic E-state index is 13.7. The number of nitrogens with two attached hydrogens (primary N) is 1. The third kappa shape index (κ3) is 3.71. The van der Waals surface area contributed by atoms with Crippen LogP contribution in [-0.4, -0.2) is 13.6 Å². The van der Waals surface area contributed by atoms with E-state index in [1.165, 1.54) is 11.6 Å². The quantitative estimate of drug-likeness (QED) is 0.832.